The van der Waals surface area contributed by atoms with Crippen LogP contribution in [0, 0.1) is 0 Å². The molecule has 5 nitrogen and oxygen atoms in total. The summed E-state index contributed by atoms with van der Waals surface area (Å²) in [5.41, 5.74) is -1.29. The maximum absolute atomic E-state index is 13.3. The van der Waals surface area contributed by atoms with Crippen LogP contribution in [0.25, 0.3) is 0 Å². The largest absolute Gasteiger partial charge is 0.444 e. The van der Waals surface area contributed by atoms with Crippen LogP contribution in [0.15, 0.2) is 11.4 Å². The summed E-state index contributed by atoms with van der Waals surface area (Å²) in [7, 11) is 0. The Hall–Kier alpha value is -1.32. The molecule has 1 unspecified atom stereocenters. The van der Waals surface area contributed by atoms with Crippen LogP contribution in [0.1, 0.15) is 37.3 Å². The lowest BCUT2D eigenvalue weighted by Gasteiger charge is -2.55. The van der Waals surface area contributed by atoms with E-state index in [1.807, 2.05) is 0 Å². The Morgan fingerprint density at radius 2 is 2.08 bits per heavy atom. The summed E-state index contributed by atoms with van der Waals surface area (Å²) in [4.78, 5) is 13.0. The number of morpholine rings is 1. The van der Waals surface area contributed by atoms with Gasteiger partial charge >= 0.3 is 12.3 Å². The highest BCUT2D eigenvalue weighted by atomic mass is 32.1. The van der Waals surface area contributed by atoms with Crippen molar-refractivity contribution in [2.24, 2.45) is 0 Å². The number of amides is 1. The third-order valence-corrected chi connectivity index (χ3v) is 5.17. The van der Waals surface area contributed by atoms with Crippen LogP contribution in [-0.4, -0.2) is 48.4 Å². The first-order valence-corrected chi connectivity index (χ1v) is 8.90. The van der Waals surface area contributed by atoms with Gasteiger partial charge < -0.3 is 19.7 Å². The van der Waals surface area contributed by atoms with E-state index in [2.05, 4.69) is 5.32 Å². The fourth-order valence-electron chi connectivity index (χ4n) is 3.23. The number of carbonyl (C=O) groups is 1. The molecule has 1 aromatic heterocycles. The Bertz CT molecular complexity index is 648. The van der Waals surface area contributed by atoms with Crippen LogP contribution in [0.4, 0.5) is 18.0 Å². The SMILES string of the molecule is CC(C)(C)OC(=O)N1CC2(C1)OCCNC2c1ccsc1C(F)(F)F. The molecule has 1 amide bonds. The Labute approximate surface area is 148 Å². The molecule has 1 aromatic rings. The third kappa shape index (κ3) is 3.63. The van der Waals surface area contributed by atoms with Gasteiger partial charge in [0, 0.05) is 6.54 Å². The van der Waals surface area contributed by atoms with Crippen molar-refractivity contribution < 1.29 is 27.4 Å². The molecular formula is C16H21F3N2O3S. The molecule has 3 heterocycles. The standard InChI is InChI=1S/C16H21F3N2O3S/c1-14(2,3)24-13(22)21-8-15(9-21)11(20-5-6-23-15)10-4-7-25-12(10)16(17,18)19/h4,7,11,20H,5-6,8-9H2,1-3H3. The van der Waals surface area contributed by atoms with E-state index in [9.17, 15) is 18.0 Å². The number of hydrogen-bond donors (Lipinski definition) is 1. The molecule has 0 saturated carbocycles. The molecule has 1 atom stereocenters. The molecule has 0 radical (unpaired) electrons. The monoisotopic (exact) mass is 378 g/mol. The van der Waals surface area contributed by atoms with Crippen LogP contribution in [-0.2, 0) is 15.7 Å². The average molecular weight is 378 g/mol. The molecule has 140 valence electrons. The average Bonchev–Trinajstić information content (AvgIpc) is 2.91. The lowest BCUT2D eigenvalue weighted by Crippen LogP contribution is -2.72. The summed E-state index contributed by atoms with van der Waals surface area (Å²) in [6.07, 6.45) is -4.88. The number of halogens is 3. The van der Waals surface area contributed by atoms with Crippen molar-refractivity contribution in [1.82, 2.24) is 10.2 Å². The van der Waals surface area contributed by atoms with Crippen LogP contribution in [0.3, 0.4) is 0 Å². The fraction of sp³-hybridized carbons (Fsp3) is 0.688. The third-order valence-electron chi connectivity index (χ3n) is 4.20. The van der Waals surface area contributed by atoms with Crippen molar-refractivity contribution >= 4 is 17.4 Å². The molecule has 2 aliphatic rings. The molecule has 0 bridgehead atoms. The van der Waals surface area contributed by atoms with E-state index >= 15 is 0 Å². The number of carbonyl (C=O) groups excluding carboxylic acids is 1. The van der Waals surface area contributed by atoms with Gasteiger partial charge in [-0.2, -0.15) is 13.2 Å². The first-order valence-electron chi connectivity index (χ1n) is 8.02. The van der Waals surface area contributed by atoms with Gasteiger partial charge in [0.25, 0.3) is 0 Å². The Morgan fingerprint density at radius 3 is 2.68 bits per heavy atom. The number of ether oxygens (including phenoxy) is 2. The van der Waals surface area contributed by atoms with Gasteiger partial charge in [-0.1, -0.05) is 0 Å². The number of rotatable bonds is 1. The second-order valence-electron chi connectivity index (χ2n) is 7.34. The van der Waals surface area contributed by atoms with E-state index in [0.29, 0.717) is 24.5 Å². The van der Waals surface area contributed by atoms with Gasteiger partial charge in [-0.05, 0) is 37.8 Å². The first kappa shape index (κ1) is 18.5. The van der Waals surface area contributed by atoms with Crippen molar-refractivity contribution in [3.05, 3.63) is 21.9 Å². The van der Waals surface area contributed by atoms with Gasteiger partial charge in [0.15, 0.2) is 0 Å². The smallest absolute Gasteiger partial charge is 0.425 e. The van der Waals surface area contributed by atoms with E-state index in [1.54, 1.807) is 20.8 Å². The molecule has 1 spiro atoms. The summed E-state index contributed by atoms with van der Waals surface area (Å²) in [5, 5.41) is 4.57. The molecular weight excluding hydrogens is 357 g/mol. The molecule has 0 aliphatic carbocycles. The zero-order chi connectivity index (χ0) is 18.5. The first-order chi connectivity index (χ1) is 11.5. The highest BCUT2D eigenvalue weighted by Crippen LogP contribution is 2.46. The quantitative estimate of drug-likeness (QED) is 0.814. The Kier molecular flexibility index (Phi) is 4.53. The van der Waals surface area contributed by atoms with E-state index in [1.165, 1.54) is 16.3 Å². The predicted molar refractivity (Wildman–Crippen MR) is 86.6 cm³/mol. The normalized spacial score (nSPS) is 23.4. The topological polar surface area (TPSA) is 50.8 Å². The van der Waals surface area contributed by atoms with E-state index in [-0.39, 0.29) is 18.7 Å². The fourth-order valence-corrected chi connectivity index (χ4v) is 4.03. The minimum absolute atomic E-state index is 0.182. The molecule has 25 heavy (non-hydrogen) atoms. The van der Waals surface area contributed by atoms with Crippen molar-refractivity contribution in [3.8, 4) is 0 Å². The second kappa shape index (κ2) is 6.14. The lowest BCUT2D eigenvalue weighted by atomic mass is 9.81. The second-order valence-corrected chi connectivity index (χ2v) is 8.26. The van der Waals surface area contributed by atoms with E-state index in [4.69, 9.17) is 9.47 Å². The highest BCUT2D eigenvalue weighted by Gasteiger charge is 2.56. The number of thiophene rings is 1. The van der Waals surface area contributed by atoms with E-state index in [0.717, 1.165) is 0 Å². The summed E-state index contributed by atoms with van der Waals surface area (Å²) in [6, 6.07) is 0.875. The number of hydrogen-bond acceptors (Lipinski definition) is 5. The predicted octanol–water partition coefficient (Wildman–Crippen LogP) is 3.42. The van der Waals surface area contributed by atoms with Crippen molar-refractivity contribution in [3.63, 3.8) is 0 Å². The van der Waals surface area contributed by atoms with Crippen molar-refractivity contribution in [2.75, 3.05) is 26.2 Å². The zero-order valence-corrected chi connectivity index (χ0v) is 15.1. The van der Waals surface area contributed by atoms with E-state index < -0.39 is 34.4 Å². The van der Waals surface area contributed by atoms with Gasteiger partial charge in [-0.15, -0.1) is 11.3 Å². The molecule has 2 fully saturated rings. The number of nitrogens with zero attached hydrogens (tertiary/aromatic N) is 1. The Balaban J connectivity index is 1.78. The molecule has 0 aromatic carbocycles. The summed E-state index contributed by atoms with van der Waals surface area (Å²) < 4.78 is 50.9. The highest BCUT2D eigenvalue weighted by molar-refractivity contribution is 7.10. The van der Waals surface area contributed by atoms with Gasteiger partial charge in [0.1, 0.15) is 16.1 Å². The molecule has 1 N–H and O–H groups in total. The van der Waals surface area contributed by atoms with Crippen molar-refractivity contribution in [2.45, 2.75) is 44.2 Å². The maximum atomic E-state index is 13.3. The minimum atomic E-state index is -4.40. The lowest BCUT2D eigenvalue weighted by molar-refractivity contribution is -0.178. The van der Waals surface area contributed by atoms with Gasteiger partial charge in [-0.25, -0.2) is 4.79 Å². The minimum Gasteiger partial charge on any atom is -0.444 e. The van der Waals surface area contributed by atoms with Crippen LogP contribution in [0.2, 0.25) is 0 Å². The number of alkyl halides is 3. The summed E-state index contributed by atoms with van der Waals surface area (Å²) >= 11 is 0.675. The molecule has 3 rings (SSSR count). The maximum Gasteiger partial charge on any atom is 0.425 e. The van der Waals surface area contributed by atoms with Crippen LogP contribution < -0.4 is 5.32 Å². The van der Waals surface area contributed by atoms with Gasteiger partial charge in [-0.3, -0.25) is 0 Å². The molecule has 2 saturated heterocycles. The van der Waals surface area contributed by atoms with Crippen LogP contribution in [0.5, 0.6) is 0 Å². The zero-order valence-electron chi connectivity index (χ0n) is 14.3. The Morgan fingerprint density at radius 1 is 1.40 bits per heavy atom. The summed E-state index contributed by atoms with van der Waals surface area (Å²) in [5.74, 6) is 0. The molecule has 9 heteroatoms. The van der Waals surface area contributed by atoms with Crippen LogP contribution >= 0.6 is 11.3 Å². The van der Waals surface area contributed by atoms with Gasteiger partial charge in [0.05, 0.1) is 25.7 Å². The molecule has 2 aliphatic heterocycles. The van der Waals surface area contributed by atoms with Gasteiger partial charge in [0.2, 0.25) is 0 Å². The number of nitrogens with one attached hydrogen (secondary N) is 1. The number of likely N-dealkylation sites (tertiary alicyclic amines) is 1. The summed E-state index contributed by atoms with van der Waals surface area (Å²) in [6.45, 7) is 6.56. The van der Waals surface area contributed by atoms with Crippen molar-refractivity contribution in [1.29, 1.82) is 0 Å².